The van der Waals surface area contributed by atoms with Crippen LogP contribution < -0.4 is 4.90 Å². The van der Waals surface area contributed by atoms with Gasteiger partial charge in [0.25, 0.3) is 5.91 Å². The Hall–Kier alpha value is -3.11. The molecular formula is C20H18N4O2S. The van der Waals surface area contributed by atoms with Crippen molar-refractivity contribution >= 4 is 23.1 Å². The van der Waals surface area contributed by atoms with Crippen LogP contribution in [0.3, 0.4) is 0 Å². The van der Waals surface area contributed by atoms with Gasteiger partial charge in [0.15, 0.2) is 0 Å². The molecule has 4 rings (SSSR count). The van der Waals surface area contributed by atoms with Gasteiger partial charge in [-0.05, 0) is 30.5 Å². The summed E-state index contributed by atoms with van der Waals surface area (Å²) in [6.07, 6.45) is 0. The highest BCUT2D eigenvalue weighted by atomic mass is 32.1. The maximum Gasteiger partial charge on any atom is 0.253 e. The highest BCUT2D eigenvalue weighted by Crippen LogP contribution is 2.31. The van der Waals surface area contributed by atoms with Crippen LogP contribution in [0.25, 0.3) is 10.8 Å². The van der Waals surface area contributed by atoms with Gasteiger partial charge in [-0.1, -0.05) is 23.8 Å². The molecule has 7 heteroatoms. The first kappa shape index (κ1) is 17.3. The molecular weight excluding hydrogens is 360 g/mol. The normalized spacial score (nSPS) is 14.2. The van der Waals surface area contributed by atoms with Gasteiger partial charge in [0.05, 0.1) is 4.88 Å². The van der Waals surface area contributed by atoms with E-state index in [1.165, 1.54) is 11.3 Å². The largest absolute Gasteiger partial charge is 0.418 e. The summed E-state index contributed by atoms with van der Waals surface area (Å²) in [4.78, 5) is 21.7. The van der Waals surface area contributed by atoms with Crippen LogP contribution in [0.2, 0.25) is 0 Å². The van der Waals surface area contributed by atoms with Crippen molar-refractivity contribution in [1.29, 1.82) is 5.26 Å². The number of hydrogen-bond acceptors (Lipinski definition) is 6. The number of nitriles is 1. The third-order valence-corrected chi connectivity index (χ3v) is 5.46. The summed E-state index contributed by atoms with van der Waals surface area (Å²) < 4.78 is 5.88. The smallest absolute Gasteiger partial charge is 0.253 e. The second-order valence-corrected chi connectivity index (χ2v) is 7.35. The Balaban J connectivity index is 1.47. The number of thiophene rings is 1. The summed E-state index contributed by atoms with van der Waals surface area (Å²) in [6.45, 7) is 4.36. The number of benzene rings is 1. The van der Waals surface area contributed by atoms with Crippen LogP contribution in [-0.4, -0.2) is 42.0 Å². The first-order chi connectivity index (χ1) is 13.2. The van der Waals surface area contributed by atoms with Crippen LogP contribution in [0.15, 0.2) is 46.2 Å². The molecule has 1 fully saturated rings. The van der Waals surface area contributed by atoms with E-state index in [1.54, 1.807) is 0 Å². The zero-order valence-corrected chi connectivity index (χ0v) is 15.7. The van der Waals surface area contributed by atoms with E-state index in [-0.39, 0.29) is 11.6 Å². The lowest BCUT2D eigenvalue weighted by Gasteiger charge is -2.34. The molecule has 1 saturated heterocycles. The molecule has 0 aliphatic carbocycles. The highest BCUT2D eigenvalue weighted by molar-refractivity contribution is 7.13. The Morgan fingerprint density at radius 2 is 1.93 bits per heavy atom. The Morgan fingerprint density at radius 3 is 2.56 bits per heavy atom. The summed E-state index contributed by atoms with van der Waals surface area (Å²) in [6, 6.07) is 13.6. The van der Waals surface area contributed by atoms with Crippen molar-refractivity contribution in [3.8, 4) is 16.8 Å². The van der Waals surface area contributed by atoms with E-state index in [1.807, 2.05) is 58.5 Å². The quantitative estimate of drug-likeness (QED) is 0.697. The summed E-state index contributed by atoms with van der Waals surface area (Å²) in [7, 11) is 0. The molecule has 3 aromatic rings. The number of amides is 1. The Morgan fingerprint density at radius 1 is 1.19 bits per heavy atom. The van der Waals surface area contributed by atoms with Crippen molar-refractivity contribution in [3.05, 3.63) is 58.6 Å². The number of hydrogen-bond donors (Lipinski definition) is 0. The van der Waals surface area contributed by atoms with E-state index in [2.05, 4.69) is 11.1 Å². The third kappa shape index (κ3) is 3.44. The van der Waals surface area contributed by atoms with Gasteiger partial charge in [-0.2, -0.15) is 10.2 Å². The van der Waals surface area contributed by atoms with Crippen LogP contribution in [0.5, 0.6) is 0 Å². The van der Waals surface area contributed by atoms with E-state index in [0.29, 0.717) is 43.5 Å². The number of oxazole rings is 1. The number of nitrogens with zero attached hydrogens (tertiary/aromatic N) is 4. The van der Waals surface area contributed by atoms with Crippen molar-refractivity contribution in [2.45, 2.75) is 6.92 Å². The van der Waals surface area contributed by atoms with Crippen LogP contribution in [0, 0.1) is 18.3 Å². The molecule has 1 aliphatic heterocycles. The molecule has 27 heavy (non-hydrogen) atoms. The molecule has 0 spiro atoms. The SMILES string of the molecule is Cc1ccc(C(=O)N2CCN(c3oc(-c4cccs4)nc3C#N)CC2)cc1. The lowest BCUT2D eigenvalue weighted by molar-refractivity contribution is 0.0745. The molecule has 6 nitrogen and oxygen atoms in total. The Labute approximate surface area is 161 Å². The number of aromatic nitrogens is 1. The first-order valence-corrected chi connectivity index (χ1v) is 9.59. The van der Waals surface area contributed by atoms with Crippen molar-refractivity contribution in [2.75, 3.05) is 31.1 Å². The zero-order valence-electron chi connectivity index (χ0n) is 14.9. The molecule has 0 saturated carbocycles. The van der Waals surface area contributed by atoms with Gasteiger partial charge in [-0.3, -0.25) is 4.79 Å². The van der Waals surface area contributed by atoms with Crippen molar-refractivity contribution in [2.24, 2.45) is 0 Å². The van der Waals surface area contributed by atoms with E-state index < -0.39 is 0 Å². The zero-order chi connectivity index (χ0) is 18.8. The number of aryl methyl sites for hydroxylation is 1. The van der Waals surface area contributed by atoms with E-state index in [9.17, 15) is 10.1 Å². The molecule has 3 heterocycles. The van der Waals surface area contributed by atoms with E-state index in [4.69, 9.17) is 4.42 Å². The fourth-order valence-electron chi connectivity index (χ4n) is 3.10. The fraction of sp³-hybridized carbons (Fsp3) is 0.250. The molecule has 1 aromatic carbocycles. The number of carbonyl (C=O) groups excluding carboxylic acids is 1. The van der Waals surface area contributed by atoms with Gasteiger partial charge >= 0.3 is 0 Å². The number of carbonyl (C=O) groups is 1. The predicted molar refractivity (Wildman–Crippen MR) is 104 cm³/mol. The van der Waals surface area contributed by atoms with E-state index >= 15 is 0 Å². The number of rotatable bonds is 3. The first-order valence-electron chi connectivity index (χ1n) is 8.71. The van der Waals surface area contributed by atoms with Crippen molar-refractivity contribution in [3.63, 3.8) is 0 Å². The van der Waals surface area contributed by atoms with Crippen LogP contribution in [-0.2, 0) is 0 Å². The topological polar surface area (TPSA) is 73.4 Å². The van der Waals surface area contributed by atoms with Crippen LogP contribution in [0.1, 0.15) is 21.6 Å². The van der Waals surface area contributed by atoms with Gasteiger partial charge in [0.2, 0.25) is 17.5 Å². The molecule has 0 N–H and O–H groups in total. The molecule has 0 bridgehead atoms. The van der Waals surface area contributed by atoms with Crippen molar-refractivity contribution in [1.82, 2.24) is 9.88 Å². The minimum atomic E-state index is 0.0343. The minimum absolute atomic E-state index is 0.0343. The van der Waals surface area contributed by atoms with Crippen molar-refractivity contribution < 1.29 is 9.21 Å². The average Bonchev–Trinajstić information content (AvgIpc) is 3.37. The number of anilines is 1. The Kier molecular flexibility index (Phi) is 4.65. The molecule has 136 valence electrons. The van der Waals surface area contributed by atoms with Gasteiger partial charge in [-0.15, -0.1) is 11.3 Å². The minimum Gasteiger partial charge on any atom is -0.418 e. The molecule has 2 aromatic heterocycles. The summed E-state index contributed by atoms with van der Waals surface area (Å²) in [5.41, 5.74) is 2.12. The van der Waals surface area contributed by atoms with Crippen LogP contribution >= 0.6 is 11.3 Å². The highest BCUT2D eigenvalue weighted by Gasteiger charge is 2.27. The number of piperazine rings is 1. The molecule has 1 aliphatic rings. The third-order valence-electron chi connectivity index (χ3n) is 4.60. The lowest BCUT2D eigenvalue weighted by Crippen LogP contribution is -2.48. The van der Waals surface area contributed by atoms with E-state index in [0.717, 1.165) is 10.4 Å². The van der Waals surface area contributed by atoms with Gasteiger partial charge in [0, 0.05) is 31.7 Å². The maximum absolute atomic E-state index is 12.7. The summed E-state index contributed by atoms with van der Waals surface area (Å²) in [5, 5.41) is 11.4. The maximum atomic E-state index is 12.7. The molecule has 0 atom stereocenters. The predicted octanol–water partition coefficient (Wildman–Crippen LogP) is 3.55. The Bertz CT molecular complexity index is 978. The second kappa shape index (κ2) is 7.25. The molecule has 0 radical (unpaired) electrons. The van der Waals surface area contributed by atoms with Gasteiger partial charge < -0.3 is 14.2 Å². The second-order valence-electron chi connectivity index (χ2n) is 6.41. The van der Waals surface area contributed by atoms with Gasteiger partial charge in [-0.25, -0.2) is 0 Å². The fourth-order valence-corrected chi connectivity index (χ4v) is 3.75. The monoisotopic (exact) mass is 378 g/mol. The summed E-state index contributed by atoms with van der Waals surface area (Å²) >= 11 is 1.52. The van der Waals surface area contributed by atoms with Crippen LogP contribution in [0.4, 0.5) is 5.88 Å². The molecule has 0 unspecified atom stereocenters. The molecule has 1 amide bonds. The lowest BCUT2D eigenvalue weighted by atomic mass is 10.1. The standard InChI is InChI=1S/C20H18N4O2S/c1-14-4-6-15(7-5-14)19(25)23-8-10-24(11-9-23)20-16(13-21)22-18(26-20)17-3-2-12-27-17/h2-7,12H,8-11H2,1H3. The average molecular weight is 378 g/mol. The summed E-state index contributed by atoms with van der Waals surface area (Å²) in [5.74, 6) is 0.991. The van der Waals surface area contributed by atoms with Gasteiger partial charge in [0.1, 0.15) is 6.07 Å².